The second kappa shape index (κ2) is 13.2. The first-order valence-corrected chi connectivity index (χ1v) is 22.3. The molecule has 1 heterocycles. The van der Waals surface area contributed by atoms with E-state index in [1.807, 2.05) is 0 Å². The molecule has 2 heteroatoms. The van der Waals surface area contributed by atoms with Crippen LogP contribution >= 0.6 is 0 Å². The molecule has 0 saturated carbocycles. The Bertz CT molecular complexity index is 3440. The van der Waals surface area contributed by atoms with Gasteiger partial charge in [0.05, 0.1) is 16.5 Å². The third kappa shape index (κ3) is 4.49. The predicted octanol–water partition coefficient (Wildman–Crippen LogP) is 15.6. The number of hydrogen-bond acceptors (Lipinski definition) is 2. The molecule has 0 amide bonds. The van der Waals surface area contributed by atoms with Crippen molar-refractivity contribution in [1.29, 1.82) is 0 Å². The van der Waals surface area contributed by atoms with Gasteiger partial charge in [0.2, 0.25) is 0 Å². The average Bonchev–Trinajstić information content (AvgIpc) is 3.95. The Kier molecular flexibility index (Phi) is 7.28. The molecule has 10 aromatic carbocycles. The van der Waals surface area contributed by atoms with E-state index in [2.05, 4.69) is 241 Å². The minimum Gasteiger partial charge on any atom is -0.457 e. The van der Waals surface area contributed by atoms with Gasteiger partial charge in [-0.05, 0) is 121 Å². The van der Waals surface area contributed by atoms with Gasteiger partial charge in [0.25, 0.3) is 0 Å². The van der Waals surface area contributed by atoms with Crippen LogP contribution in [0.2, 0.25) is 0 Å². The summed E-state index contributed by atoms with van der Waals surface area (Å²) in [5.41, 5.74) is 22.8. The molecule has 0 fully saturated rings. The van der Waals surface area contributed by atoms with Crippen molar-refractivity contribution in [1.82, 2.24) is 0 Å². The second-order valence-corrected chi connectivity index (χ2v) is 17.5. The quantitative estimate of drug-likeness (QED) is 0.175. The Morgan fingerprint density at radius 3 is 1.30 bits per heavy atom. The van der Waals surface area contributed by atoms with Crippen LogP contribution in [-0.2, 0) is 10.8 Å². The zero-order valence-corrected chi connectivity index (χ0v) is 34.9. The smallest absolute Gasteiger partial charge is 0.132 e. The summed E-state index contributed by atoms with van der Waals surface area (Å²) in [4.78, 5) is 2.44. The molecule has 0 unspecified atom stereocenters. The number of anilines is 3. The summed E-state index contributed by atoms with van der Waals surface area (Å²) < 4.78 is 6.65. The number of hydrogen-bond donors (Lipinski definition) is 0. The lowest BCUT2D eigenvalue weighted by molar-refractivity contribution is 0.436. The zero-order chi connectivity index (χ0) is 42.0. The number of fused-ring (bicyclic) bond motifs is 19. The average molecular weight is 814 g/mol. The fourth-order valence-corrected chi connectivity index (χ4v) is 12.2. The molecule has 4 aliphatic rings. The minimum atomic E-state index is -0.551. The van der Waals surface area contributed by atoms with Crippen LogP contribution in [0, 0.1) is 0 Å². The maximum atomic E-state index is 6.65. The maximum absolute atomic E-state index is 6.65. The summed E-state index contributed by atoms with van der Waals surface area (Å²) in [6, 6.07) is 87.3. The van der Waals surface area contributed by atoms with Crippen molar-refractivity contribution < 1.29 is 4.74 Å². The molecule has 0 bridgehead atoms. The topological polar surface area (TPSA) is 12.5 Å². The van der Waals surface area contributed by atoms with Crippen LogP contribution < -0.4 is 9.64 Å². The third-order valence-electron chi connectivity index (χ3n) is 14.6. The molecule has 298 valence electrons. The largest absolute Gasteiger partial charge is 0.457 e. The first-order chi connectivity index (χ1) is 31.8. The highest BCUT2D eigenvalue weighted by Crippen LogP contribution is 2.65. The van der Waals surface area contributed by atoms with Crippen LogP contribution in [0.25, 0.3) is 44.5 Å². The number of para-hydroxylation sites is 3. The lowest BCUT2D eigenvalue weighted by atomic mass is 9.66. The molecule has 0 radical (unpaired) electrons. The van der Waals surface area contributed by atoms with E-state index in [1.54, 1.807) is 0 Å². The molecule has 0 atom stereocenters. The molecule has 14 rings (SSSR count). The van der Waals surface area contributed by atoms with Crippen molar-refractivity contribution >= 4 is 17.1 Å². The highest BCUT2D eigenvalue weighted by Gasteiger charge is 2.53. The first kappa shape index (κ1) is 35.4. The number of nitrogens with zero attached hydrogens (tertiary/aromatic N) is 1. The third-order valence-corrected chi connectivity index (χ3v) is 14.6. The van der Waals surface area contributed by atoms with Crippen molar-refractivity contribution in [3.05, 3.63) is 281 Å². The molecule has 10 aromatic rings. The van der Waals surface area contributed by atoms with Crippen molar-refractivity contribution in [3.8, 4) is 56.0 Å². The van der Waals surface area contributed by atoms with Gasteiger partial charge in [-0.3, -0.25) is 0 Å². The van der Waals surface area contributed by atoms with Gasteiger partial charge in [0, 0.05) is 28.1 Å². The van der Waals surface area contributed by atoms with Gasteiger partial charge < -0.3 is 9.64 Å². The van der Waals surface area contributed by atoms with Gasteiger partial charge in [-0.25, -0.2) is 0 Å². The Morgan fingerprint density at radius 2 is 0.703 bits per heavy atom. The number of benzene rings is 10. The van der Waals surface area contributed by atoms with Gasteiger partial charge >= 0.3 is 0 Å². The van der Waals surface area contributed by atoms with Crippen molar-refractivity contribution in [2.45, 2.75) is 10.8 Å². The molecule has 2 spiro atoms. The normalized spacial score (nSPS) is 14.3. The molecule has 2 nitrogen and oxygen atoms in total. The molecule has 1 aliphatic heterocycles. The van der Waals surface area contributed by atoms with Crippen molar-refractivity contribution in [2.75, 3.05) is 4.90 Å². The van der Waals surface area contributed by atoms with E-state index in [9.17, 15) is 0 Å². The molecule has 0 N–H and O–H groups in total. The van der Waals surface area contributed by atoms with Crippen LogP contribution in [0.5, 0.6) is 11.5 Å². The first-order valence-electron chi connectivity index (χ1n) is 22.3. The highest BCUT2D eigenvalue weighted by molar-refractivity contribution is 5.99. The standard InChI is InChI=1S/C62H39NO/c1-2-17-42(18-3-1)63(57-30-16-29-55-60(57)48-22-7-11-26-52(48)62(55)53-27-12-14-31-58(53)64-59-32-15-13-28-54(59)62)43-36-33-40(34-37-43)41-35-38-47-46-21-6-10-25-51(46)61(56(47)39-41)49-23-8-4-19-44(49)45-20-5-9-24-50(45)61/h1-39H. The van der Waals surface area contributed by atoms with Gasteiger partial charge in [0.15, 0.2) is 0 Å². The Morgan fingerprint density at radius 1 is 0.281 bits per heavy atom. The maximum Gasteiger partial charge on any atom is 0.132 e. The summed E-state index contributed by atoms with van der Waals surface area (Å²) in [5.74, 6) is 1.79. The summed E-state index contributed by atoms with van der Waals surface area (Å²) in [6.45, 7) is 0. The molecule has 3 aliphatic carbocycles. The molecule has 64 heavy (non-hydrogen) atoms. The van der Waals surface area contributed by atoms with Crippen molar-refractivity contribution in [2.24, 2.45) is 0 Å². The lowest BCUT2D eigenvalue weighted by Crippen LogP contribution is -2.32. The molecular weight excluding hydrogens is 775 g/mol. The van der Waals surface area contributed by atoms with Gasteiger partial charge in [-0.15, -0.1) is 0 Å². The fraction of sp³-hybridized carbons (Fsp3) is 0.0323. The minimum absolute atomic E-state index is 0.383. The number of rotatable bonds is 4. The van der Waals surface area contributed by atoms with E-state index in [0.29, 0.717) is 0 Å². The van der Waals surface area contributed by atoms with Gasteiger partial charge in [-0.2, -0.15) is 0 Å². The number of ether oxygens (including phenoxy) is 1. The van der Waals surface area contributed by atoms with Gasteiger partial charge in [-0.1, -0.05) is 188 Å². The van der Waals surface area contributed by atoms with Crippen LogP contribution in [0.1, 0.15) is 44.5 Å². The molecule has 0 aromatic heterocycles. The summed E-state index contributed by atoms with van der Waals surface area (Å²) in [7, 11) is 0. The van der Waals surface area contributed by atoms with Crippen LogP contribution in [0.3, 0.4) is 0 Å². The Labute approximate surface area is 373 Å². The van der Waals surface area contributed by atoms with Crippen LogP contribution in [-0.4, -0.2) is 0 Å². The Hall–Kier alpha value is -8.20. The molecular formula is C62H39NO. The zero-order valence-electron chi connectivity index (χ0n) is 34.9. The summed E-state index contributed by atoms with van der Waals surface area (Å²) >= 11 is 0. The van der Waals surface area contributed by atoms with Crippen LogP contribution in [0.4, 0.5) is 17.1 Å². The lowest BCUT2D eigenvalue weighted by Gasteiger charge is -2.39. The second-order valence-electron chi connectivity index (χ2n) is 17.5. The van der Waals surface area contributed by atoms with E-state index in [1.165, 1.54) is 77.9 Å². The van der Waals surface area contributed by atoms with E-state index in [-0.39, 0.29) is 5.41 Å². The molecule has 0 saturated heterocycles. The summed E-state index contributed by atoms with van der Waals surface area (Å²) in [5, 5.41) is 0. The van der Waals surface area contributed by atoms with E-state index < -0.39 is 5.41 Å². The van der Waals surface area contributed by atoms with Gasteiger partial charge in [0.1, 0.15) is 11.5 Å². The predicted molar refractivity (Wildman–Crippen MR) is 260 cm³/mol. The van der Waals surface area contributed by atoms with E-state index in [0.717, 1.165) is 39.7 Å². The van der Waals surface area contributed by atoms with Crippen LogP contribution in [0.15, 0.2) is 237 Å². The summed E-state index contributed by atoms with van der Waals surface area (Å²) in [6.07, 6.45) is 0. The van der Waals surface area contributed by atoms with E-state index >= 15 is 0 Å². The van der Waals surface area contributed by atoms with E-state index in [4.69, 9.17) is 4.74 Å². The highest BCUT2D eigenvalue weighted by atomic mass is 16.5. The SMILES string of the molecule is c1ccc(N(c2ccc(-c3ccc4c(c3)C3(c5ccccc5-c5ccccc53)c3ccccc3-4)cc2)c2cccc3c2-c2ccccc2C32c3ccccc3Oc3ccccc32)cc1. The fourth-order valence-electron chi connectivity index (χ4n) is 12.2. The van der Waals surface area contributed by atoms with Crippen molar-refractivity contribution in [3.63, 3.8) is 0 Å². The monoisotopic (exact) mass is 813 g/mol. The Balaban J connectivity index is 0.943.